The summed E-state index contributed by atoms with van der Waals surface area (Å²) in [5.41, 5.74) is 9.17. The fourth-order valence-corrected chi connectivity index (χ4v) is 5.12. The van der Waals surface area contributed by atoms with E-state index in [0.717, 1.165) is 30.5 Å². The molecule has 9 heteroatoms. The predicted molar refractivity (Wildman–Crippen MR) is 148 cm³/mol. The van der Waals surface area contributed by atoms with E-state index in [-0.39, 0.29) is 36.0 Å². The zero-order chi connectivity index (χ0) is 26.6. The monoisotopic (exact) mass is 531 g/mol. The lowest BCUT2D eigenvalue weighted by molar-refractivity contribution is -0.137. The van der Waals surface area contributed by atoms with Crippen LogP contribution in [0.5, 0.6) is 5.75 Å². The van der Waals surface area contributed by atoms with E-state index in [1.54, 1.807) is 7.05 Å². The number of aliphatic imine (C=N–C) groups is 1. The number of nitrogens with one attached hydrogen (secondary N) is 1. The van der Waals surface area contributed by atoms with E-state index in [4.69, 9.17) is 22.1 Å². The summed E-state index contributed by atoms with van der Waals surface area (Å²) >= 11 is 6.45. The SMILES string of the molecule is CN1C(=O)C(N2CCC(C(Cl)=NCc3ccccc3)=C(N)C2=O)COc2ccc(C#CC3CCCN3)cc21. The molecule has 38 heavy (non-hydrogen) atoms. The molecule has 5 rings (SSSR count). The topological polar surface area (TPSA) is 100 Å². The van der Waals surface area contributed by atoms with Crippen molar-refractivity contribution in [3.8, 4) is 17.6 Å². The van der Waals surface area contributed by atoms with E-state index in [9.17, 15) is 9.59 Å². The summed E-state index contributed by atoms with van der Waals surface area (Å²) in [6.07, 6.45) is 2.55. The Hall–Kier alpha value is -3.80. The van der Waals surface area contributed by atoms with Gasteiger partial charge in [-0.05, 0) is 49.6 Å². The van der Waals surface area contributed by atoms with Crippen molar-refractivity contribution in [2.75, 3.05) is 31.6 Å². The van der Waals surface area contributed by atoms with Gasteiger partial charge in [-0.2, -0.15) is 0 Å². The Morgan fingerprint density at radius 2 is 2.05 bits per heavy atom. The van der Waals surface area contributed by atoms with Crippen molar-refractivity contribution >= 4 is 34.3 Å². The molecule has 2 unspecified atom stereocenters. The van der Waals surface area contributed by atoms with Crippen LogP contribution in [0.3, 0.4) is 0 Å². The van der Waals surface area contributed by atoms with E-state index in [1.807, 2.05) is 48.5 Å². The number of hydrogen-bond acceptors (Lipinski definition) is 6. The zero-order valence-corrected chi connectivity index (χ0v) is 22.0. The maximum atomic E-state index is 13.5. The Labute approximate surface area is 227 Å². The maximum absolute atomic E-state index is 13.5. The van der Waals surface area contributed by atoms with Crippen molar-refractivity contribution in [3.63, 3.8) is 0 Å². The van der Waals surface area contributed by atoms with Gasteiger partial charge in [0.25, 0.3) is 11.8 Å². The van der Waals surface area contributed by atoms with E-state index in [0.29, 0.717) is 30.0 Å². The summed E-state index contributed by atoms with van der Waals surface area (Å²) in [4.78, 5) is 34.2. The molecule has 0 saturated carbocycles. The molecule has 1 fully saturated rings. The number of likely N-dealkylation sites (N-methyl/N-ethyl adjacent to an activating group) is 1. The Bertz CT molecular complexity index is 1360. The third-order valence-electron chi connectivity index (χ3n) is 7.07. The van der Waals surface area contributed by atoms with Gasteiger partial charge in [-0.3, -0.25) is 14.6 Å². The molecule has 2 aromatic carbocycles. The van der Waals surface area contributed by atoms with Crippen molar-refractivity contribution in [3.05, 3.63) is 70.9 Å². The second-order valence-electron chi connectivity index (χ2n) is 9.56. The number of benzene rings is 2. The molecule has 0 aromatic heterocycles. The first-order valence-electron chi connectivity index (χ1n) is 12.8. The Balaban J connectivity index is 1.32. The third kappa shape index (κ3) is 5.40. The molecule has 0 bridgehead atoms. The molecule has 3 aliphatic rings. The van der Waals surface area contributed by atoms with Gasteiger partial charge in [0.05, 0.1) is 18.3 Å². The fourth-order valence-electron chi connectivity index (χ4n) is 4.87. The minimum absolute atomic E-state index is 0.00774. The summed E-state index contributed by atoms with van der Waals surface area (Å²) in [6, 6.07) is 14.6. The largest absolute Gasteiger partial charge is 0.489 e. The third-order valence-corrected chi connectivity index (χ3v) is 7.42. The number of halogens is 1. The van der Waals surface area contributed by atoms with E-state index in [2.05, 4.69) is 22.2 Å². The number of carbonyl (C=O) groups is 2. The highest BCUT2D eigenvalue weighted by atomic mass is 35.5. The number of hydrogen-bond donors (Lipinski definition) is 2. The van der Waals surface area contributed by atoms with Crippen LogP contribution in [-0.4, -0.2) is 60.7 Å². The lowest BCUT2D eigenvalue weighted by Gasteiger charge is -2.34. The van der Waals surface area contributed by atoms with Crippen LogP contribution in [0.25, 0.3) is 0 Å². The normalized spacial score (nSPS) is 22.0. The number of ether oxygens (including phenoxy) is 1. The van der Waals surface area contributed by atoms with Crippen molar-refractivity contribution in [2.24, 2.45) is 10.7 Å². The number of nitrogens with two attached hydrogens (primary N) is 1. The van der Waals surface area contributed by atoms with Gasteiger partial charge in [0.15, 0.2) is 0 Å². The Morgan fingerprint density at radius 1 is 1.24 bits per heavy atom. The first-order chi connectivity index (χ1) is 18.4. The lowest BCUT2D eigenvalue weighted by Crippen LogP contribution is -2.55. The number of rotatable bonds is 4. The van der Waals surface area contributed by atoms with Gasteiger partial charge in [0, 0.05) is 24.7 Å². The van der Waals surface area contributed by atoms with E-state index >= 15 is 0 Å². The zero-order valence-electron chi connectivity index (χ0n) is 21.2. The molecule has 2 atom stereocenters. The fraction of sp³-hybridized carbons (Fsp3) is 0.345. The maximum Gasteiger partial charge on any atom is 0.270 e. The highest BCUT2D eigenvalue weighted by Gasteiger charge is 2.39. The smallest absolute Gasteiger partial charge is 0.270 e. The molecular formula is C29H30ClN5O3. The van der Waals surface area contributed by atoms with Crippen molar-refractivity contribution < 1.29 is 14.3 Å². The number of carbonyl (C=O) groups excluding carboxylic acids is 2. The minimum Gasteiger partial charge on any atom is -0.489 e. The number of amides is 2. The molecule has 196 valence electrons. The number of anilines is 1. The van der Waals surface area contributed by atoms with Crippen LogP contribution in [0.4, 0.5) is 5.69 Å². The molecular weight excluding hydrogens is 502 g/mol. The van der Waals surface area contributed by atoms with Crippen LogP contribution in [0.15, 0.2) is 64.8 Å². The summed E-state index contributed by atoms with van der Waals surface area (Å²) in [6.45, 7) is 1.67. The molecule has 0 radical (unpaired) electrons. The molecule has 2 amide bonds. The molecule has 1 saturated heterocycles. The lowest BCUT2D eigenvalue weighted by atomic mass is 10.0. The van der Waals surface area contributed by atoms with E-state index < -0.39 is 11.9 Å². The first kappa shape index (κ1) is 25.8. The number of fused-ring (bicyclic) bond motifs is 1. The predicted octanol–water partition coefficient (Wildman–Crippen LogP) is 2.80. The summed E-state index contributed by atoms with van der Waals surface area (Å²) in [7, 11) is 1.69. The van der Waals surface area contributed by atoms with Crippen LogP contribution in [0.1, 0.15) is 30.4 Å². The molecule has 3 aliphatic heterocycles. The van der Waals surface area contributed by atoms with Crippen LogP contribution < -0.4 is 20.7 Å². The Kier molecular flexibility index (Phi) is 7.68. The molecule has 0 aliphatic carbocycles. The second kappa shape index (κ2) is 11.3. The van der Waals surface area contributed by atoms with Crippen LogP contribution >= 0.6 is 11.6 Å². The van der Waals surface area contributed by atoms with Gasteiger partial charge >= 0.3 is 0 Å². The summed E-state index contributed by atoms with van der Waals surface area (Å²) in [5.74, 6) is 6.32. The van der Waals surface area contributed by atoms with Crippen LogP contribution in [-0.2, 0) is 16.1 Å². The quantitative estimate of drug-likeness (QED) is 0.467. The highest BCUT2D eigenvalue weighted by molar-refractivity contribution is 6.69. The Morgan fingerprint density at radius 3 is 2.82 bits per heavy atom. The average molecular weight is 532 g/mol. The first-order valence-corrected chi connectivity index (χ1v) is 13.1. The molecule has 3 N–H and O–H groups in total. The highest BCUT2D eigenvalue weighted by Crippen LogP contribution is 2.33. The minimum atomic E-state index is -0.822. The molecule has 0 spiro atoms. The van der Waals surface area contributed by atoms with Gasteiger partial charge in [0.1, 0.15) is 29.3 Å². The van der Waals surface area contributed by atoms with Gasteiger partial charge in [-0.1, -0.05) is 53.8 Å². The van der Waals surface area contributed by atoms with Crippen LogP contribution in [0.2, 0.25) is 0 Å². The molecule has 8 nitrogen and oxygen atoms in total. The summed E-state index contributed by atoms with van der Waals surface area (Å²) in [5, 5.41) is 3.58. The van der Waals surface area contributed by atoms with Gasteiger partial charge < -0.3 is 25.6 Å². The van der Waals surface area contributed by atoms with Gasteiger partial charge in [-0.25, -0.2) is 0 Å². The average Bonchev–Trinajstić information content (AvgIpc) is 3.43. The standard InChI is InChI=1S/C29H30ClN5O3/c1-34-23-16-19(9-11-21-8-5-14-32-21)10-12-25(23)38-18-24(28(34)36)35-15-13-22(26(31)29(35)37)27(30)33-17-20-6-3-2-4-7-20/h2-4,6-7,10,12,16,21,24,32H,5,8,13-15,17-18,31H2,1H3. The van der Waals surface area contributed by atoms with Crippen molar-refractivity contribution in [1.82, 2.24) is 10.2 Å². The van der Waals surface area contributed by atoms with E-state index in [1.165, 1.54) is 9.80 Å². The molecule has 3 heterocycles. The van der Waals surface area contributed by atoms with Gasteiger partial charge in [-0.15, -0.1) is 0 Å². The summed E-state index contributed by atoms with van der Waals surface area (Å²) < 4.78 is 6.01. The van der Waals surface area contributed by atoms with Crippen molar-refractivity contribution in [2.45, 2.75) is 37.9 Å². The van der Waals surface area contributed by atoms with Crippen molar-refractivity contribution in [1.29, 1.82) is 0 Å². The second-order valence-corrected chi connectivity index (χ2v) is 9.92. The number of nitrogens with zero attached hydrogens (tertiary/aromatic N) is 3. The van der Waals surface area contributed by atoms with Gasteiger partial charge in [0.2, 0.25) is 0 Å². The van der Waals surface area contributed by atoms with Crippen LogP contribution in [0, 0.1) is 11.8 Å². The molecule has 2 aromatic rings.